The number of likely N-dealkylation sites (tertiary alicyclic amines) is 1. The zero-order valence-electron chi connectivity index (χ0n) is 8.36. The van der Waals surface area contributed by atoms with Gasteiger partial charge in [-0.3, -0.25) is 9.59 Å². The Morgan fingerprint density at radius 1 is 1.57 bits per heavy atom. The number of carbonyl (C=O) groups excluding carboxylic acids is 2. The normalized spacial score (nSPS) is 17.9. The molecule has 0 radical (unpaired) electrons. The van der Waals surface area contributed by atoms with Gasteiger partial charge in [0, 0.05) is 26.2 Å². The summed E-state index contributed by atoms with van der Waals surface area (Å²) in [6.45, 7) is 1.55. The summed E-state index contributed by atoms with van der Waals surface area (Å²) in [4.78, 5) is 23.3. The van der Waals surface area contributed by atoms with E-state index < -0.39 is 0 Å². The molecule has 80 valence electrons. The molecule has 1 aliphatic rings. The van der Waals surface area contributed by atoms with Crippen LogP contribution in [0.4, 0.5) is 0 Å². The lowest BCUT2D eigenvalue weighted by atomic mass is 10.1. The number of nitrogens with zero attached hydrogens (tertiary/aromatic N) is 1. The molecule has 5 nitrogen and oxygen atoms in total. The third kappa shape index (κ3) is 2.99. The van der Waals surface area contributed by atoms with Crippen molar-refractivity contribution in [3.8, 4) is 0 Å². The Labute approximate surface area is 83.4 Å². The molecule has 1 aliphatic heterocycles. The van der Waals surface area contributed by atoms with Crippen molar-refractivity contribution in [2.75, 3.05) is 26.8 Å². The van der Waals surface area contributed by atoms with Gasteiger partial charge in [-0.1, -0.05) is 0 Å². The van der Waals surface area contributed by atoms with Gasteiger partial charge < -0.3 is 15.0 Å². The van der Waals surface area contributed by atoms with Crippen LogP contribution < -0.4 is 5.32 Å². The Morgan fingerprint density at radius 3 is 2.71 bits per heavy atom. The lowest BCUT2D eigenvalue weighted by molar-refractivity contribution is -0.136. The number of amides is 2. The predicted octanol–water partition coefficient (Wildman–Crippen LogP) is -0.630. The van der Waals surface area contributed by atoms with Crippen molar-refractivity contribution in [2.45, 2.75) is 18.9 Å². The molecule has 0 spiro atoms. The van der Waals surface area contributed by atoms with Gasteiger partial charge in [0.15, 0.2) is 0 Å². The number of hydrogen-bond donors (Lipinski definition) is 1. The SMILES string of the molecule is COCC(=O)N1CCC(NC=O)CC1. The molecular formula is C9H16N2O3. The third-order valence-electron chi connectivity index (χ3n) is 2.42. The Bertz CT molecular complexity index is 200. The van der Waals surface area contributed by atoms with E-state index in [1.807, 2.05) is 0 Å². The first-order valence-electron chi connectivity index (χ1n) is 4.74. The van der Waals surface area contributed by atoms with E-state index in [9.17, 15) is 9.59 Å². The number of nitrogens with one attached hydrogen (secondary N) is 1. The minimum atomic E-state index is 0.0250. The summed E-state index contributed by atoms with van der Waals surface area (Å²) in [5.74, 6) is 0.0250. The van der Waals surface area contributed by atoms with Crippen molar-refractivity contribution in [3.05, 3.63) is 0 Å². The molecule has 0 saturated carbocycles. The highest BCUT2D eigenvalue weighted by atomic mass is 16.5. The number of carbonyl (C=O) groups is 2. The van der Waals surface area contributed by atoms with Gasteiger partial charge >= 0.3 is 0 Å². The quantitative estimate of drug-likeness (QED) is 0.615. The maximum atomic E-state index is 11.4. The van der Waals surface area contributed by atoms with Crippen LogP contribution in [0, 0.1) is 0 Å². The lowest BCUT2D eigenvalue weighted by Crippen LogP contribution is -2.45. The molecule has 0 aromatic rings. The number of piperidine rings is 1. The molecule has 1 rings (SSSR count). The van der Waals surface area contributed by atoms with E-state index in [2.05, 4.69) is 5.32 Å². The minimum Gasteiger partial charge on any atom is -0.375 e. The molecule has 5 heteroatoms. The molecule has 1 fully saturated rings. The van der Waals surface area contributed by atoms with Crippen LogP contribution in [0.2, 0.25) is 0 Å². The first kappa shape index (κ1) is 11.0. The fourth-order valence-electron chi connectivity index (χ4n) is 1.61. The van der Waals surface area contributed by atoms with Crippen LogP contribution >= 0.6 is 0 Å². The second-order valence-electron chi connectivity index (χ2n) is 3.37. The number of rotatable bonds is 4. The van der Waals surface area contributed by atoms with Crippen LogP contribution in [-0.4, -0.2) is 50.1 Å². The largest absolute Gasteiger partial charge is 0.375 e. The van der Waals surface area contributed by atoms with Crippen molar-refractivity contribution >= 4 is 12.3 Å². The molecule has 14 heavy (non-hydrogen) atoms. The van der Waals surface area contributed by atoms with Crippen LogP contribution in [0.15, 0.2) is 0 Å². The fraction of sp³-hybridized carbons (Fsp3) is 0.778. The van der Waals surface area contributed by atoms with Crippen LogP contribution in [0.3, 0.4) is 0 Å². The van der Waals surface area contributed by atoms with Crippen molar-refractivity contribution in [3.63, 3.8) is 0 Å². The second-order valence-corrected chi connectivity index (χ2v) is 3.37. The van der Waals surface area contributed by atoms with Gasteiger partial charge in [0.1, 0.15) is 6.61 Å². The molecular weight excluding hydrogens is 184 g/mol. The zero-order valence-corrected chi connectivity index (χ0v) is 8.36. The van der Waals surface area contributed by atoms with Crippen LogP contribution in [0.25, 0.3) is 0 Å². The first-order valence-corrected chi connectivity index (χ1v) is 4.74. The average molecular weight is 200 g/mol. The lowest BCUT2D eigenvalue weighted by Gasteiger charge is -2.31. The van der Waals surface area contributed by atoms with Crippen LogP contribution in [0.5, 0.6) is 0 Å². The highest BCUT2D eigenvalue weighted by Gasteiger charge is 2.21. The molecule has 1 saturated heterocycles. The van der Waals surface area contributed by atoms with Crippen molar-refractivity contribution in [1.29, 1.82) is 0 Å². The maximum absolute atomic E-state index is 11.4. The Hall–Kier alpha value is -1.10. The summed E-state index contributed by atoms with van der Waals surface area (Å²) in [6.07, 6.45) is 2.37. The minimum absolute atomic E-state index is 0.0250. The number of methoxy groups -OCH3 is 1. The standard InChI is InChI=1S/C9H16N2O3/c1-14-6-9(13)11-4-2-8(3-5-11)10-7-12/h7-8H,2-6H2,1H3,(H,10,12). The summed E-state index contributed by atoms with van der Waals surface area (Å²) in [6, 6.07) is 0.221. The van der Waals surface area contributed by atoms with Gasteiger partial charge in [0.2, 0.25) is 12.3 Å². The maximum Gasteiger partial charge on any atom is 0.248 e. The molecule has 1 N–H and O–H groups in total. The van der Waals surface area contributed by atoms with Crippen molar-refractivity contribution in [2.24, 2.45) is 0 Å². The first-order chi connectivity index (χ1) is 6.77. The van der Waals surface area contributed by atoms with E-state index in [1.165, 1.54) is 7.11 Å². The summed E-state index contributed by atoms with van der Waals surface area (Å²) >= 11 is 0. The van der Waals surface area contributed by atoms with E-state index in [4.69, 9.17) is 4.74 Å². The summed E-state index contributed by atoms with van der Waals surface area (Å²) < 4.78 is 4.77. The predicted molar refractivity (Wildman–Crippen MR) is 50.7 cm³/mol. The smallest absolute Gasteiger partial charge is 0.248 e. The summed E-state index contributed by atoms with van der Waals surface area (Å²) in [7, 11) is 1.51. The molecule has 0 unspecified atom stereocenters. The highest BCUT2D eigenvalue weighted by molar-refractivity contribution is 5.77. The monoisotopic (exact) mass is 200 g/mol. The second kappa shape index (κ2) is 5.59. The highest BCUT2D eigenvalue weighted by Crippen LogP contribution is 2.09. The third-order valence-corrected chi connectivity index (χ3v) is 2.42. The fourth-order valence-corrected chi connectivity index (χ4v) is 1.61. The van der Waals surface area contributed by atoms with E-state index >= 15 is 0 Å². The van der Waals surface area contributed by atoms with Gasteiger partial charge in [0.05, 0.1) is 0 Å². The molecule has 0 bridgehead atoms. The van der Waals surface area contributed by atoms with Gasteiger partial charge in [-0.2, -0.15) is 0 Å². The average Bonchev–Trinajstić information content (AvgIpc) is 2.20. The summed E-state index contributed by atoms with van der Waals surface area (Å²) in [5, 5.41) is 2.73. The molecule has 0 aromatic carbocycles. The van der Waals surface area contributed by atoms with Gasteiger partial charge in [-0.25, -0.2) is 0 Å². The van der Waals surface area contributed by atoms with Crippen LogP contribution in [-0.2, 0) is 14.3 Å². The molecule has 0 atom stereocenters. The molecule has 0 aliphatic carbocycles. The molecule has 0 aromatic heterocycles. The van der Waals surface area contributed by atoms with E-state index in [0.29, 0.717) is 13.1 Å². The van der Waals surface area contributed by atoms with E-state index in [-0.39, 0.29) is 18.6 Å². The van der Waals surface area contributed by atoms with Crippen molar-refractivity contribution < 1.29 is 14.3 Å². The molecule has 2 amide bonds. The Kier molecular flexibility index (Phi) is 4.39. The topological polar surface area (TPSA) is 58.6 Å². The zero-order chi connectivity index (χ0) is 10.4. The van der Waals surface area contributed by atoms with E-state index in [1.54, 1.807) is 4.90 Å². The van der Waals surface area contributed by atoms with Crippen LogP contribution in [0.1, 0.15) is 12.8 Å². The van der Waals surface area contributed by atoms with E-state index in [0.717, 1.165) is 19.3 Å². The van der Waals surface area contributed by atoms with Gasteiger partial charge in [-0.05, 0) is 12.8 Å². The molecule has 1 heterocycles. The summed E-state index contributed by atoms with van der Waals surface area (Å²) in [5.41, 5.74) is 0. The Morgan fingerprint density at radius 2 is 2.21 bits per heavy atom. The number of hydrogen-bond acceptors (Lipinski definition) is 3. The van der Waals surface area contributed by atoms with Crippen molar-refractivity contribution in [1.82, 2.24) is 10.2 Å². The van der Waals surface area contributed by atoms with Gasteiger partial charge in [0.25, 0.3) is 0 Å². The Balaban J connectivity index is 2.27. The number of ether oxygens (including phenoxy) is 1. The van der Waals surface area contributed by atoms with Gasteiger partial charge in [-0.15, -0.1) is 0 Å².